The molecule has 16 rings (SSSR count). The number of carbonyl (C=O) groups is 2. The molecule has 43 nitrogen and oxygen atoms in total. The Hall–Kier alpha value is -11.2. The van der Waals surface area contributed by atoms with Crippen LogP contribution in [0.2, 0.25) is 25.1 Å². The van der Waals surface area contributed by atoms with Crippen molar-refractivity contribution >= 4 is 111 Å². The van der Waals surface area contributed by atoms with Crippen molar-refractivity contribution < 1.29 is 175 Å². The number of phenols is 4. The minimum atomic E-state index is -2.81. The van der Waals surface area contributed by atoms with Crippen LogP contribution in [-0.2, 0) is 28.5 Å². The molecule has 3 saturated heterocycles. The lowest BCUT2D eigenvalue weighted by Gasteiger charge is -2.41. The largest absolute Gasteiger partial charge is 0.508 e. The number of unbranched alkanes of at least 4 members (excludes halogenated alkanes) is 6. The minimum Gasteiger partial charge on any atom is -0.508 e. The summed E-state index contributed by atoms with van der Waals surface area (Å²) in [5.41, 5.74) is -5.40. The lowest BCUT2D eigenvalue weighted by Crippen LogP contribution is -2.60. The van der Waals surface area contributed by atoms with Crippen LogP contribution in [0.5, 0.6) is 69.0 Å². The van der Waals surface area contributed by atoms with E-state index in [1.807, 2.05) is 6.92 Å². The lowest BCUT2D eigenvalue weighted by molar-refractivity contribution is -0.313. The quantitative estimate of drug-likeness (QED) is 0.0192. The van der Waals surface area contributed by atoms with Crippen molar-refractivity contribution in [2.75, 3.05) is 20.3 Å². The number of halogens is 5. The number of aliphatic hydroxyl groups is 18. The molecule has 0 spiro atoms. The van der Waals surface area contributed by atoms with Gasteiger partial charge in [-0.05, 0) is 114 Å². The van der Waals surface area contributed by atoms with Gasteiger partial charge in [0.05, 0.1) is 50.3 Å². The summed E-state index contributed by atoms with van der Waals surface area (Å²) in [4.78, 5) is 58.8. The zero-order chi connectivity index (χ0) is 97.5. The van der Waals surface area contributed by atoms with Crippen LogP contribution in [0.15, 0.2) is 132 Å². The second-order valence-electron chi connectivity index (χ2n) is 32.3. The number of carboxylic acids is 2. The number of benzene rings is 7. The van der Waals surface area contributed by atoms with Crippen LogP contribution < -0.4 is 29.0 Å². The van der Waals surface area contributed by atoms with Gasteiger partial charge in [-0.3, -0.25) is 4.79 Å². The number of aliphatic carboxylic acids is 2. The van der Waals surface area contributed by atoms with Gasteiger partial charge in [-0.15, -0.1) is 0 Å². The number of rotatable bonds is 20. The van der Waals surface area contributed by atoms with Crippen LogP contribution >= 0.6 is 58.0 Å². The number of aromatic hydroxyl groups is 4. The molecule has 135 heavy (non-hydrogen) atoms. The van der Waals surface area contributed by atoms with E-state index in [0.717, 1.165) is 105 Å². The van der Waals surface area contributed by atoms with Crippen molar-refractivity contribution in [2.24, 2.45) is 46.8 Å². The molecular formula is C87H91Cl5N8O35. The fourth-order valence-corrected chi connectivity index (χ4v) is 17.5. The number of hydrogen-bond acceptors (Lipinski definition) is 34. The summed E-state index contributed by atoms with van der Waals surface area (Å²) in [6, 6.07) is -1.87. The van der Waals surface area contributed by atoms with E-state index < -0.39 is 346 Å². The molecule has 724 valence electrons. The number of likely N-dealkylation sites (N-methyl/N-ethyl adjacent to an activating group) is 1. The first-order chi connectivity index (χ1) is 64.2. The highest BCUT2D eigenvalue weighted by Crippen LogP contribution is 2.55. The summed E-state index contributed by atoms with van der Waals surface area (Å²) in [5.74, 6) is -27.0. The number of fused-ring (bicyclic) bond motifs is 12. The lowest BCUT2D eigenvalue weighted by atomic mass is 9.90. The Bertz CT molecular complexity index is 5850. The van der Waals surface area contributed by atoms with Crippen LogP contribution in [0.1, 0.15) is 140 Å². The van der Waals surface area contributed by atoms with Gasteiger partial charge in [-0.2, -0.15) is 0 Å². The smallest absolute Gasteiger partial charge is 0.333 e. The van der Waals surface area contributed by atoms with E-state index in [2.05, 4.69) is 40.3 Å². The van der Waals surface area contributed by atoms with Crippen molar-refractivity contribution in [1.82, 2.24) is 5.32 Å². The summed E-state index contributed by atoms with van der Waals surface area (Å²) in [6.07, 6.45) is -28.7. The van der Waals surface area contributed by atoms with Crippen molar-refractivity contribution in [3.63, 3.8) is 0 Å². The molecule has 25 N–H and O–H groups in total. The van der Waals surface area contributed by atoms with Crippen LogP contribution in [0.3, 0.4) is 0 Å². The molecule has 0 aliphatic carbocycles. The summed E-state index contributed by atoms with van der Waals surface area (Å²) in [7, 11) is 1.36. The molecule has 9 aliphatic heterocycles. The van der Waals surface area contributed by atoms with E-state index in [-0.39, 0.29) is 17.5 Å². The first-order valence-corrected chi connectivity index (χ1v) is 43.6. The molecule has 0 aromatic heterocycles. The van der Waals surface area contributed by atoms with Crippen LogP contribution in [0.4, 0.5) is 0 Å². The zero-order valence-electron chi connectivity index (χ0n) is 70.4. The third-order valence-electron chi connectivity index (χ3n) is 23.3. The van der Waals surface area contributed by atoms with Crippen molar-refractivity contribution in [2.45, 2.75) is 193 Å². The van der Waals surface area contributed by atoms with Crippen LogP contribution in [0, 0.1) is 11.8 Å². The number of aliphatic hydroxyl groups excluding tert-OH is 18. The van der Waals surface area contributed by atoms with Crippen molar-refractivity contribution in [3.05, 3.63) is 161 Å². The molecule has 3 fully saturated rings. The average molecular weight is 1990 g/mol. The molecule has 48 heteroatoms. The van der Waals surface area contributed by atoms with Gasteiger partial charge >= 0.3 is 11.9 Å². The Morgan fingerprint density at radius 1 is 0.467 bits per heavy atom. The summed E-state index contributed by atoms with van der Waals surface area (Å²) in [5, 5.41) is 285. The molecule has 7 aromatic rings. The van der Waals surface area contributed by atoms with Gasteiger partial charge in [0.15, 0.2) is 89.7 Å². The van der Waals surface area contributed by atoms with Gasteiger partial charge in [-0.25, -0.2) is 39.7 Å². The Morgan fingerprint density at radius 3 is 1.73 bits per heavy atom. The number of aliphatic imine (C=N–C) groups is 7. The van der Waals surface area contributed by atoms with E-state index in [4.69, 9.17) is 101 Å². The fraction of sp³-hybridized carbons (Fsp3) is 0.414. The van der Waals surface area contributed by atoms with Crippen molar-refractivity contribution in [3.8, 4) is 80.1 Å². The SMILES string of the molecule is CCCCCCCCCC(O)=NC1OC(OC2c3cc(Cl)c(c(Cl)c3)Oc3cc4cc(c3OC3OC(O)C(O)C(O)C3CO)Oc3ccc(cc3Cl)C(O)C3N=C(O)C(NC)c5ccc(O)c(c5)Oc5cc(O)c(Cl)c(c5)C(N=C3O)C(O)=NC4C(O)=NC3C(O)=NC2C(O)=NC(C(=O)O)c2cc(O)cc(O)c2-c2cc3cc(Cl)c2OC2OC(CO)C(O)C(O)C2O)C(C(=O)O)C(O)C1O. The summed E-state index contributed by atoms with van der Waals surface area (Å²) in [6.45, 7) is -0.169. The molecule has 0 amide bonds. The van der Waals surface area contributed by atoms with E-state index in [0.29, 0.717) is 25.0 Å². The first kappa shape index (κ1) is 99.7. The first-order valence-electron chi connectivity index (χ1n) is 41.7. The second kappa shape index (κ2) is 41.8. The molecule has 9 heterocycles. The van der Waals surface area contributed by atoms with Gasteiger partial charge in [0.1, 0.15) is 101 Å². The maximum atomic E-state index is 14.3. The maximum Gasteiger partial charge on any atom is 0.333 e. The third-order valence-corrected chi connectivity index (χ3v) is 24.8. The van der Waals surface area contributed by atoms with E-state index >= 15 is 0 Å². The predicted octanol–water partition coefficient (Wildman–Crippen LogP) is 9.12. The maximum absolute atomic E-state index is 14.3. The van der Waals surface area contributed by atoms with E-state index in [1.165, 1.54) is 19.2 Å². The normalized spacial score (nSPS) is 29.3. The van der Waals surface area contributed by atoms with E-state index in [1.54, 1.807) is 0 Å². The number of nitrogens with one attached hydrogen (secondary N) is 1. The van der Waals surface area contributed by atoms with E-state index in [9.17, 15) is 132 Å². The Labute approximate surface area is 788 Å². The highest BCUT2D eigenvalue weighted by atomic mass is 35.5. The van der Waals surface area contributed by atoms with Crippen LogP contribution in [-0.4, -0.2) is 288 Å². The Kier molecular flexibility index (Phi) is 30.9. The van der Waals surface area contributed by atoms with Gasteiger partial charge in [0, 0.05) is 40.8 Å². The molecule has 7 aromatic carbocycles. The molecule has 24 atom stereocenters. The van der Waals surface area contributed by atoms with Crippen LogP contribution in [0.25, 0.3) is 11.1 Å². The second-order valence-corrected chi connectivity index (χ2v) is 34.3. The predicted molar refractivity (Wildman–Crippen MR) is 476 cm³/mol. The number of phenolic OH excluding ortho intramolecular Hbond substituents is 4. The van der Waals surface area contributed by atoms with Gasteiger partial charge in [0.2, 0.25) is 53.7 Å². The summed E-state index contributed by atoms with van der Waals surface area (Å²) < 4.78 is 56.4. The van der Waals surface area contributed by atoms with Gasteiger partial charge < -0.3 is 171 Å². The van der Waals surface area contributed by atoms with Gasteiger partial charge in [-0.1, -0.05) is 116 Å². The average Bonchev–Trinajstić information content (AvgIpc) is 0.750. The van der Waals surface area contributed by atoms with Gasteiger partial charge in [0.25, 0.3) is 0 Å². The topological polar surface area (TPSA) is 701 Å². The zero-order valence-corrected chi connectivity index (χ0v) is 74.2. The minimum absolute atomic E-state index is 0.0954. The summed E-state index contributed by atoms with van der Waals surface area (Å²) >= 11 is 36.4. The fourth-order valence-electron chi connectivity index (χ4n) is 16.2. The number of nitrogens with zero attached hydrogens (tertiary/aromatic N) is 7. The standard InChI is InChI=1S/C87H91Cl5N8O35/c1-3-4-5-6-7-8-9-10-52(107)94-81-68(113)66(111)54(82(122)123)86(134-81)131-71-33-18-42(90)73(43(91)19-33)129-50-22-32-21-49(74(50)133-85-39(27-101)64(109)69(114)84(126)135-85)128-47-14-12-30(16-40(47)88)63(108)61-79(120)97-59(38-25-35(26-46(106)55(38)92)127-48-20-29(11-13-44(48)104)56(93-2)75(116)99-61)78(119)96-58(32)76(117)95-57-31-15-37(72(41(89)17-31)132-87-70(115)67(112)65(110)51(28-102)130-87)53-36(23-34(103)24-45(53)105)60(83(124)125)98-80(121)62(71)100-77(57)118/h11-26,39,51,54,56-71,81,84-87,93,101-106,108-115,126H,3-10,27-28H2,1-2H3,(H,94,107)(H,95,117)(H,96,119)(H,97,120)(H,98,121)(H,99,116)(H,100,118)(H,122,123)(H,124,125). The number of ether oxygens (including phenoxy) is 9. The molecule has 9 aliphatic rings. The highest BCUT2D eigenvalue weighted by Gasteiger charge is 2.53. The number of carboxylic acid groups (broad SMARTS) is 2. The number of hydrogen-bond donors (Lipinski definition) is 25. The monoisotopic (exact) mass is 1980 g/mol. The molecular weight excluding hydrogens is 1890 g/mol. The Morgan fingerprint density at radius 2 is 1.07 bits per heavy atom. The molecule has 0 saturated carbocycles. The molecule has 17 bridgehead atoms. The molecule has 24 unspecified atom stereocenters. The van der Waals surface area contributed by atoms with Crippen molar-refractivity contribution in [1.29, 1.82) is 0 Å². The molecule has 0 radical (unpaired) electrons. The highest BCUT2D eigenvalue weighted by molar-refractivity contribution is 6.37. The Balaban J connectivity index is 1.11. The third kappa shape index (κ3) is 20.8.